The third-order valence-corrected chi connectivity index (χ3v) is 4.97. The van der Waals surface area contributed by atoms with Crippen molar-refractivity contribution in [3.63, 3.8) is 0 Å². The Kier molecular flexibility index (Phi) is 4.58. The average molecular weight is 332 g/mol. The second kappa shape index (κ2) is 6.82. The molecule has 0 bridgehead atoms. The predicted molar refractivity (Wildman–Crippen MR) is 95.2 cm³/mol. The van der Waals surface area contributed by atoms with Gasteiger partial charge in [0.25, 0.3) is 0 Å². The summed E-state index contributed by atoms with van der Waals surface area (Å²) in [5, 5.41) is 10.1. The van der Waals surface area contributed by atoms with Crippen LogP contribution >= 0.6 is 0 Å². The van der Waals surface area contributed by atoms with Gasteiger partial charge in [-0.3, -0.25) is 0 Å². The number of nitriles is 1. The second-order valence-electron chi connectivity index (χ2n) is 6.30. The van der Waals surface area contributed by atoms with Crippen molar-refractivity contribution in [3.8, 4) is 6.07 Å². The number of nitrogens with zero attached hydrogens (tertiary/aromatic N) is 1. The van der Waals surface area contributed by atoms with Crippen molar-refractivity contribution in [1.29, 1.82) is 5.26 Å². The van der Waals surface area contributed by atoms with Gasteiger partial charge in [0.1, 0.15) is 5.41 Å². The largest absolute Gasteiger partial charge is 0.466 e. The van der Waals surface area contributed by atoms with Crippen LogP contribution in [-0.4, -0.2) is 13.1 Å². The van der Waals surface area contributed by atoms with Crippen molar-refractivity contribution in [2.75, 3.05) is 7.11 Å². The van der Waals surface area contributed by atoms with E-state index in [2.05, 4.69) is 6.07 Å². The quantitative estimate of drug-likeness (QED) is 0.872. The van der Waals surface area contributed by atoms with E-state index in [1.54, 1.807) is 0 Å². The Bertz CT molecular complexity index is 837. The summed E-state index contributed by atoms with van der Waals surface area (Å²) >= 11 is 0. The van der Waals surface area contributed by atoms with E-state index in [0.29, 0.717) is 24.1 Å². The number of carbonyl (C=O) groups excluding carboxylic acids is 1. The molecule has 0 saturated heterocycles. The van der Waals surface area contributed by atoms with Crippen LogP contribution in [0, 0.1) is 16.7 Å². The summed E-state index contributed by atoms with van der Waals surface area (Å²) < 4.78 is 4.89. The third-order valence-electron chi connectivity index (χ3n) is 4.97. The molecule has 2 atom stereocenters. The van der Waals surface area contributed by atoms with Gasteiger partial charge in [-0.25, -0.2) is 4.79 Å². The van der Waals surface area contributed by atoms with Crippen LogP contribution < -0.4 is 5.73 Å². The van der Waals surface area contributed by atoms with E-state index in [-0.39, 0.29) is 5.92 Å². The zero-order valence-electron chi connectivity index (χ0n) is 14.1. The maximum atomic E-state index is 12.2. The molecule has 1 aliphatic rings. The number of nitrogens with two attached hydrogens (primary N) is 1. The van der Waals surface area contributed by atoms with Gasteiger partial charge in [0.15, 0.2) is 0 Å². The van der Waals surface area contributed by atoms with Gasteiger partial charge in [-0.2, -0.15) is 5.26 Å². The molecule has 0 heterocycles. The zero-order chi connectivity index (χ0) is 17.9. The fraction of sp³-hybridized carbons (Fsp3) is 0.238. The predicted octanol–water partition coefficient (Wildman–Crippen LogP) is 3.31. The lowest BCUT2D eigenvalue weighted by Gasteiger charge is -2.30. The molecule has 4 heteroatoms. The molecule has 2 N–H and O–H groups in total. The summed E-state index contributed by atoms with van der Waals surface area (Å²) in [6.45, 7) is 0. The molecular formula is C21H20N2O2. The molecule has 0 saturated carbocycles. The van der Waals surface area contributed by atoms with E-state index in [9.17, 15) is 10.1 Å². The van der Waals surface area contributed by atoms with Gasteiger partial charge >= 0.3 is 5.97 Å². The molecule has 25 heavy (non-hydrogen) atoms. The number of hydrogen-bond donors (Lipinski definition) is 1. The van der Waals surface area contributed by atoms with Crippen molar-refractivity contribution in [2.45, 2.75) is 18.8 Å². The Morgan fingerprint density at radius 3 is 2.36 bits per heavy atom. The third kappa shape index (κ3) is 2.89. The van der Waals surface area contributed by atoms with E-state index >= 15 is 0 Å². The van der Waals surface area contributed by atoms with Crippen LogP contribution in [0.25, 0.3) is 0 Å². The Hall–Kier alpha value is -3.06. The molecule has 0 amide bonds. The Labute approximate surface area is 147 Å². The first-order chi connectivity index (χ1) is 12.1. The lowest BCUT2D eigenvalue weighted by atomic mass is 9.70. The van der Waals surface area contributed by atoms with E-state index in [1.165, 1.54) is 7.11 Å². The number of ether oxygens (including phenoxy) is 1. The molecule has 4 nitrogen and oxygen atoms in total. The van der Waals surface area contributed by atoms with Gasteiger partial charge in [-0.1, -0.05) is 60.7 Å². The number of rotatable bonds is 4. The minimum atomic E-state index is -0.966. The Balaban J connectivity index is 2.12. The number of carbonyl (C=O) groups is 1. The highest BCUT2D eigenvalue weighted by Gasteiger charge is 2.50. The highest BCUT2D eigenvalue weighted by molar-refractivity contribution is 5.91. The lowest BCUT2D eigenvalue weighted by molar-refractivity contribution is -0.136. The summed E-state index contributed by atoms with van der Waals surface area (Å²) in [6, 6.07) is 22.0. The standard InChI is InChI=1S/C21H20N2O2/c1-25-20(24)17-12-18(16-10-6-3-7-11-16)21(14-22,19(17)23)13-15-8-4-2-5-9-15/h2-11,18H,12-13,23H2,1H3/t18-,21+/m0/s1. The van der Waals surface area contributed by atoms with Crippen LogP contribution in [0.2, 0.25) is 0 Å². The molecule has 3 rings (SSSR count). The van der Waals surface area contributed by atoms with Crippen molar-refractivity contribution < 1.29 is 9.53 Å². The van der Waals surface area contributed by atoms with Gasteiger partial charge in [-0.15, -0.1) is 0 Å². The maximum Gasteiger partial charge on any atom is 0.335 e. The fourth-order valence-electron chi connectivity index (χ4n) is 3.66. The van der Waals surface area contributed by atoms with Gasteiger partial charge in [0, 0.05) is 11.6 Å². The lowest BCUT2D eigenvalue weighted by Crippen LogP contribution is -2.32. The molecule has 1 aliphatic carbocycles. The monoisotopic (exact) mass is 332 g/mol. The van der Waals surface area contributed by atoms with E-state index in [0.717, 1.165) is 11.1 Å². The average Bonchev–Trinajstić information content (AvgIpc) is 2.95. The van der Waals surface area contributed by atoms with Crippen LogP contribution in [0.4, 0.5) is 0 Å². The summed E-state index contributed by atoms with van der Waals surface area (Å²) in [5.41, 5.74) is 8.17. The van der Waals surface area contributed by atoms with Gasteiger partial charge in [0.05, 0.1) is 18.8 Å². The SMILES string of the molecule is COC(=O)C1=C(N)[C@@](C#N)(Cc2ccccc2)[C@H](c2ccccc2)C1. The molecule has 0 fully saturated rings. The van der Waals surface area contributed by atoms with E-state index in [1.807, 2.05) is 60.7 Å². The Morgan fingerprint density at radius 2 is 1.80 bits per heavy atom. The van der Waals surface area contributed by atoms with Crippen molar-refractivity contribution in [1.82, 2.24) is 0 Å². The molecule has 126 valence electrons. The highest BCUT2D eigenvalue weighted by Crippen LogP contribution is 2.52. The number of hydrogen-bond acceptors (Lipinski definition) is 4. The van der Waals surface area contributed by atoms with Crippen LogP contribution in [-0.2, 0) is 16.0 Å². The molecule has 0 radical (unpaired) electrons. The first-order valence-corrected chi connectivity index (χ1v) is 8.20. The van der Waals surface area contributed by atoms with Gasteiger partial charge < -0.3 is 10.5 Å². The minimum Gasteiger partial charge on any atom is -0.466 e. The maximum absolute atomic E-state index is 12.2. The first-order valence-electron chi connectivity index (χ1n) is 8.20. The van der Waals surface area contributed by atoms with Crippen LogP contribution in [0.1, 0.15) is 23.5 Å². The number of benzene rings is 2. The molecule has 0 unspecified atom stereocenters. The zero-order valence-corrected chi connectivity index (χ0v) is 14.1. The molecular weight excluding hydrogens is 312 g/mol. The number of methoxy groups -OCH3 is 1. The summed E-state index contributed by atoms with van der Waals surface area (Å²) in [4.78, 5) is 12.2. The molecule has 0 aliphatic heterocycles. The van der Waals surface area contributed by atoms with Crippen LogP contribution in [0.5, 0.6) is 0 Å². The Morgan fingerprint density at radius 1 is 1.20 bits per heavy atom. The summed E-state index contributed by atoms with van der Waals surface area (Å²) in [5.74, 6) is -0.642. The van der Waals surface area contributed by atoms with Crippen LogP contribution in [0.3, 0.4) is 0 Å². The molecule has 2 aromatic rings. The van der Waals surface area contributed by atoms with Gasteiger partial charge in [-0.05, 0) is 24.0 Å². The summed E-state index contributed by atoms with van der Waals surface area (Å²) in [6.07, 6.45) is 0.860. The normalized spacial score (nSPS) is 22.5. The smallest absolute Gasteiger partial charge is 0.335 e. The molecule has 0 aromatic heterocycles. The topological polar surface area (TPSA) is 76.1 Å². The fourth-order valence-corrected chi connectivity index (χ4v) is 3.66. The summed E-state index contributed by atoms with van der Waals surface area (Å²) in [7, 11) is 1.34. The van der Waals surface area contributed by atoms with E-state index in [4.69, 9.17) is 10.5 Å². The highest BCUT2D eigenvalue weighted by atomic mass is 16.5. The van der Waals surface area contributed by atoms with Crippen molar-refractivity contribution >= 4 is 5.97 Å². The minimum absolute atomic E-state index is 0.187. The number of allylic oxidation sites excluding steroid dienone is 1. The van der Waals surface area contributed by atoms with Crippen LogP contribution in [0.15, 0.2) is 71.9 Å². The first kappa shape index (κ1) is 16.8. The van der Waals surface area contributed by atoms with E-state index < -0.39 is 11.4 Å². The molecule has 2 aromatic carbocycles. The van der Waals surface area contributed by atoms with Crippen molar-refractivity contribution in [3.05, 3.63) is 83.1 Å². The van der Waals surface area contributed by atoms with Gasteiger partial charge in [0.2, 0.25) is 0 Å². The van der Waals surface area contributed by atoms with Crippen molar-refractivity contribution in [2.24, 2.45) is 11.1 Å². The number of esters is 1. The molecule has 0 spiro atoms. The second-order valence-corrected chi connectivity index (χ2v) is 6.30.